The molecule has 2 rings (SSSR count). The summed E-state index contributed by atoms with van der Waals surface area (Å²) in [7, 11) is 0. The van der Waals surface area contributed by atoms with Crippen LogP contribution in [-0.4, -0.2) is 33.6 Å². The molecule has 0 saturated carbocycles. The maximum atomic E-state index is 13.4. The van der Waals surface area contributed by atoms with Crippen molar-refractivity contribution in [2.45, 2.75) is 50.9 Å². The van der Waals surface area contributed by atoms with Crippen molar-refractivity contribution in [1.29, 1.82) is 0 Å². The third kappa shape index (κ3) is 3.64. The zero-order valence-electron chi connectivity index (χ0n) is 13.1. The molecule has 1 aromatic carbocycles. The predicted octanol–water partition coefficient (Wildman–Crippen LogP) is 4.48. The molecule has 1 N–H and O–H groups in total. The molecule has 1 aliphatic heterocycles. The molecule has 8 heteroatoms. The first-order valence-electron chi connectivity index (χ1n) is 7.65. The van der Waals surface area contributed by atoms with Crippen molar-refractivity contribution in [3.63, 3.8) is 0 Å². The number of unbranched alkanes of at least 4 members (excludes halogenated alkanes) is 2. The van der Waals surface area contributed by atoms with Gasteiger partial charge in [-0.2, -0.15) is 23.3 Å². The van der Waals surface area contributed by atoms with Crippen LogP contribution in [0, 0.1) is 0 Å². The molecule has 0 aromatic heterocycles. The summed E-state index contributed by atoms with van der Waals surface area (Å²) in [4.78, 5) is 12.5. The molecule has 0 bridgehead atoms. The highest BCUT2D eigenvalue weighted by Gasteiger charge is 2.63. The molecule has 0 fully saturated rings. The van der Waals surface area contributed by atoms with Gasteiger partial charge in [0, 0.05) is 16.6 Å². The van der Waals surface area contributed by atoms with E-state index in [1.807, 2.05) is 6.92 Å². The van der Waals surface area contributed by atoms with Gasteiger partial charge < -0.3 is 5.11 Å². The lowest BCUT2D eigenvalue weighted by atomic mass is 10.0. The van der Waals surface area contributed by atoms with Crippen molar-refractivity contribution in [2.75, 3.05) is 0 Å². The summed E-state index contributed by atoms with van der Waals surface area (Å²) >= 11 is 3.14. The Hall–Kier alpha value is -1.41. The van der Waals surface area contributed by atoms with E-state index in [0.29, 0.717) is 17.3 Å². The van der Waals surface area contributed by atoms with Crippen LogP contribution in [0.1, 0.15) is 49.4 Å². The molecular weight excluding hydrogens is 389 g/mol. The van der Waals surface area contributed by atoms with Gasteiger partial charge in [-0.25, -0.2) is 0 Å². The van der Waals surface area contributed by atoms with Gasteiger partial charge in [-0.3, -0.25) is 4.79 Å². The molecule has 0 aliphatic carbocycles. The van der Waals surface area contributed by atoms with Crippen LogP contribution in [0.4, 0.5) is 13.2 Å². The second-order valence-corrected chi connectivity index (χ2v) is 6.57. The number of hydrogen-bond acceptors (Lipinski definition) is 3. The summed E-state index contributed by atoms with van der Waals surface area (Å²) < 4.78 is 40.6. The van der Waals surface area contributed by atoms with Crippen LogP contribution in [0.15, 0.2) is 33.8 Å². The van der Waals surface area contributed by atoms with Crippen LogP contribution in [0.5, 0.6) is 0 Å². The van der Waals surface area contributed by atoms with Crippen molar-refractivity contribution in [3.8, 4) is 0 Å². The number of halogens is 4. The highest BCUT2D eigenvalue weighted by molar-refractivity contribution is 9.10. The Balaban J connectivity index is 2.34. The molecule has 1 aromatic rings. The number of amides is 1. The molecule has 4 nitrogen and oxygen atoms in total. The van der Waals surface area contributed by atoms with E-state index >= 15 is 0 Å². The van der Waals surface area contributed by atoms with Gasteiger partial charge in [-0.15, -0.1) is 0 Å². The molecule has 132 valence electrons. The monoisotopic (exact) mass is 406 g/mol. The first kappa shape index (κ1) is 18.9. The molecule has 1 amide bonds. The normalized spacial score (nSPS) is 21.1. The minimum Gasteiger partial charge on any atom is -0.362 e. The first-order valence-corrected chi connectivity index (χ1v) is 8.44. The fourth-order valence-electron chi connectivity index (χ4n) is 2.52. The van der Waals surface area contributed by atoms with E-state index in [1.165, 1.54) is 12.1 Å². The van der Waals surface area contributed by atoms with Crippen LogP contribution in [0.3, 0.4) is 0 Å². The lowest BCUT2D eigenvalue weighted by molar-refractivity contribution is -0.297. The number of rotatable bonds is 5. The molecule has 1 atom stereocenters. The van der Waals surface area contributed by atoms with Gasteiger partial charge in [-0.05, 0) is 40.9 Å². The topological polar surface area (TPSA) is 52.9 Å². The summed E-state index contributed by atoms with van der Waals surface area (Å²) in [6.07, 6.45) is -2.96. The Labute approximate surface area is 146 Å². The van der Waals surface area contributed by atoms with Gasteiger partial charge in [0.1, 0.15) is 0 Å². The molecule has 24 heavy (non-hydrogen) atoms. The summed E-state index contributed by atoms with van der Waals surface area (Å²) in [5.41, 5.74) is -3.11. The molecule has 0 spiro atoms. The van der Waals surface area contributed by atoms with Crippen molar-refractivity contribution >= 4 is 27.5 Å². The standard InChI is InChI=1S/C16H18BrF3N2O2/c1-2-3-4-7-11-10-15(24,16(18,19)20)22(21-11)14(23)12-8-5-6-9-13(12)17/h5-6,8-9,24H,2-4,7,10H2,1H3/t15-/m1/s1. The predicted molar refractivity (Wildman–Crippen MR) is 87.5 cm³/mol. The zero-order valence-corrected chi connectivity index (χ0v) is 14.7. The van der Waals surface area contributed by atoms with Crippen molar-refractivity contribution in [1.82, 2.24) is 5.01 Å². The van der Waals surface area contributed by atoms with Crippen molar-refractivity contribution in [2.24, 2.45) is 5.10 Å². The summed E-state index contributed by atoms with van der Waals surface area (Å²) in [5.74, 6) is -0.993. The number of carbonyl (C=O) groups excluding carboxylic acids is 1. The van der Waals surface area contributed by atoms with E-state index in [-0.39, 0.29) is 16.3 Å². The molecular formula is C16H18BrF3N2O2. The van der Waals surface area contributed by atoms with Crippen LogP contribution in [-0.2, 0) is 0 Å². The average Bonchev–Trinajstić information content (AvgIpc) is 2.85. The van der Waals surface area contributed by atoms with Gasteiger partial charge in [0.2, 0.25) is 0 Å². The Kier molecular flexibility index (Phi) is 5.70. The highest BCUT2D eigenvalue weighted by atomic mass is 79.9. The second-order valence-electron chi connectivity index (χ2n) is 5.71. The van der Waals surface area contributed by atoms with E-state index in [2.05, 4.69) is 21.0 Å². The number of alkyl halides is 3. The van der Waals surface area contributed by atoms with Crippen LogP contribution in [0.25, 0.3) is 0 Å². The van der Waals surface area contributed by atoms with Crippen molar-refractivity contribution < 1.29 is 23.1 Å². The quantitative estimate of drug-likeness (QED) is 0.732. The third-order valence-electron chi connectivity index (χ3n) is 3.86. The molecule has 1 heterocycles. The smallest absolute Gasteiger partial charge is 0.362 e. The number of nitrogens with zero attached hydrogens (tertiary/aromatic N) is 2. The Morgan fingerprint density at radius 2 is 2.04 bits per heavy atom. The minimum atomic E-state index is -5.00. The summed E-state index contributed by atoms with van der Waals surface area (Å²) in [6, 6.07) is 6.10. The fraction of sp³-hybridized carbons (Fsp3) is 0.500. The maximum absolute atomic E-state index is 13.4. The van der Waals surface area contributed by atoms with Gasteiger partial charge in [-0.1, -0.05) is 31.9 Å². The Morgan fingerprint density at radius 1 is 1.38 bits per heavy atom. The van der Waals surface area contributed by atoms with E-state index in [9.17, 15) is 23.1 Å². The average molecular weight is 407 g/mol. The first-order chi connectivity index (χ1) is 11.2. The lowest BCUT2D eigenvalue weighted by Gasteiger charge is -2.32. The SMILES string of the molecule is CCCCCC1=NN(C(=O)c2ccccc2Br)[C@](O)(C(F)(F)F)C1. The van der Waals surface area contributed by atoms with E-state index in [4.69, 9.17) is 0 Å². The van der Waals surface area contributed by atoms with E-state index in [1.54, 1.807) is 12.1 Å². The molecule has 0 saturated heterocycles. The highest BCUT2D eigenvalue weighted by Crippen LogP contribution is 2.42. The number of benzene rings is 1. The molecule has 1 aliphatic rings. The third-order valence-corrected chi connectivity index (χ3v) is 4.55. The Bertz CT molecular complexity index is 648. The maximum Gasteiger partial charge on any atom is 0.438 e. The van der Waals surface area contributed by atoms with Crippen LogP contribution < -0.4 is 0 Å². The number of aliphatic hydroxyl groups is 1. The van der Waals surface area contributed by atoms with E-state index < -0.39 is 24.2 Å². The summed E-state index contributed by atoms with van der Waals surface area (Å²) in [6.45, 7) is 1.98. The van der Waals surface area contributed by atoms with Crippen LogP contribution in [0.2, 0.25) is 0 Å². The van der Waals surface area contributed by atoms with Crippen molar-refractivity contribution in [3.05, 3.63) is 34.3 Å². The number of hydrazone groups is 1. The van der Waals surface area contributed by atoms with Gasteiger partial charge in [0.25, 0.3) is 11.6 Å². The van der Waals surface area contributed by atoms with Gasteiger partial charge >= 0.3 is 6.18 Å². The van der Waals surface area contributed by atoms with Gasteiger partial charge in [0.05, 0.1) is 5.56 Å². The van der Waals surface area contributed by atoms with E-state index in [0.717, 1.165) is 12.8 Å². The lowest BCUT2D eigenvalue weighted by Crippen LogP contribution is -2.56. The van der Waals surface area contributed by atoms with Gasteiger partial charge in [0.15, 0.2) is 0 Å². The summed E-state index contributed by atoms with van der Waals surface area (Å²) in [5, 5.41) is 14.2. The number of carbonyl (C=O) groups is 1. The minimum absolute atomic E-state index is 0.0127. The largest absolute Gasteiger partial charge is 0.438 e. The Morgan fingerprint density at radius 3 is 2.62 bits per heavy atom. The second kappa shape index (κ2) is 7.23. The molecule has 0 unspecified atom stereocenters. The zero-order chi connectivity index (χ0) is 18.0. The fourth-order valence-corrected chi connectivity index (χ4v) is 2.97. The van der Waals surface area contributed by atoms with Crippen LogP contribution >= 0.6 is 15.9 Å². The molecule has 0 radical (unpaired) electrons. The number of hydrogen-bond donors (Lipinski definition) is 1.